The second-order valence-corrected chi connectivity index (χ2v) is 9.69. The van der Waals surface area contributed by atoms with Crippen molar-refractivity contribution in [3.05, 3.63) is 63.5 Å². The highest BCUT2D eigenvalue weighted by Gasteiger charge is 2.30. The molecule has 3 aliphatic rings. The standard InChI is InChI=1S/C27H30FNO5/c1-15-18(10-17-4-5-20(22(28)11-17)24(30)12-16-2-3-16)13-21(26-19(15)6-9-34-26)27(32)29-23-7-8-33-14-25(23)31/h4-5,11,13,16,23,25,31H,2-3,6-10,12,14H2,1H3,(H,29,32)/t23-,25-/m0/s1. The van der Waals surface area contributed by atoms with Gasteiger partial charge in [0.25, 0.3) is 5.91 Å². The van der Waals surface area contributed by atoms with Crippen LogP contribution in [0.15, 0.2) is 24.3 Å². The Kier molecular flexibility index (Phi) is 6.40. The summed E-state index contributed by atoms with van der Waals surface area (Å²) in [4.78, 5) is 25.5. The number of Topliss-reactive ketones (excluding diaryl/α,β-unsaturated/α-hetero) is 1. The Bertz CT molecular complexity index is 1130. The predicted molar refractivity (Wildman–Crippen MR) is 124 cm³/mol. The van der Waals surface area contributed by atoms with Crippen LogP contribution in [0.2, 0.25) is 0 Å². The van der Waals surface area contributed by atoms with Gasteiger partial charge < -0.3 is 19.9 Å². The van der Waals surface area contributed by atoms with Crippen molar-refractivity contribution in [3.63, 3.8) is 0 Å². The van der Waals surface area contributed by atoms with Crippen LogP contribution in [0, 0.1) is 18.7 Å². The summed E-state index contributed by atoms with van der Waals surface area (Å²) >= 11 is 0. The molecule has 2 fully saturated rings. The van der Waals surface area contributed by atoms with Crippen molar-refractivity contribution in [1.82, 2.24) is 5.32 Å². The summed E-state index contributed by atoms with van der Waals surface area (Å²) in [6, 6.07) is 6.25. The summed E-state index contributed by atoms with van der Waals surface area (Å²) in [5, 5.41) is 13.1. The third-order valence-corrected chi connectivity index (χ3v) is 7.16. The lowest BCUT2D eigenvalue weighted by Gasteiger charge is -2.28. The molecule has 0 radical (unpaired) electrons. The largest absolute Gasteiger partial charge is 0.492 e. The van der Waals surface area contributed by atoms with Crippen LogP contribution in [0.1, 0.15) is 68.7 Å². The highest BCUT2D eigenvalue weighted by atomic mass is 19.1. The van der Waals surface area contributed by atoms with Crippen LogP contribution in [0.5, 0.6) is 5.75 Å². The third-order valence-electron chi connectivity index (χ3n) is 7.16. The zero-order chi connectivity index (χ0) is 23.8. The van der Waals surface area contributed by atoms with Crippen LogP contribution < -0.4 is 10.1 Å². The van der Waals surface area contributed by atoms with Gasteiger partial charge in [-0.15, -0.1) is 0 Å². The molecule has 1 amide bonds. The fourth-order valence-corrected chi connectivity index (χ4v) is 4.89. The number of fused-ring (bicyclic) bond motifs is 1. The van der Waals surface area contributed by atoms with Crippen LogP contribution in [0.25, 0.3) is 0 Å². The minimum atomic E-state index is -0.749. The van der Waals surface area contributed by atoms with Crippen molar-refractivity contribution in [2.45, 2.75) is 57.6 Å². The molecule has 1 saturated heterocycles. The lowest BCUT2D eigenvalue weighted by Crippen LogP contribution is -2.48. The van der Waals surface area contributed by atoms with Crippen molar-refractivity contribution in [3.8, 4) is 5.75 Å². The summed E-state index contributed by atoms with van der Waals surface area (Å²) in [6.07, 6.45) is 3.46. The summed E-state index contributed by atoms with van der Waals surface area (Å²) in [5.41, 5.74) is 4.27. The molecule has 5 rings (SSSR count). The van der Waals surface area contributed by atoms with Crippen LogP contribution in [-0.4, -0.2) is 48.8 Å². The molecule has 34 heavy (non-hydrogen) atoms. The number of amides is 1. The predicted octanol–water partition coefficient (Wildman–Crippen LogP) is 3.52. The van der Waals surface area contributed by atoms with Gasteiger partial charge in [-0.3, -0.25) is 9.59 Å². The molecular weight excluding hydrogens is 437 g/mol. The zero-order valence-corrected chi connectivity index (χ0v) is 19.4. The number of benzene rings is 2. The molecule has 2 atom stereocenters. The second-order valence-electron chi connectivity index (χ2n) is 9.69. The maximum atomic E-state index is 14.8. The Balaban J connectivity index is 1.39. The minimum Gasteiger partial charge on any atom is -0.492 e. The van der Waals surface area contributed by atoms with Gasteiger partial charge in [0.15, 0.2) is 5.78 Å². The molecule has 6 nitrogen and oxygen atoms in total. The number of ether oxygens (including phenoxy) is 2. The number of hydrogen-bond acceptors (Lipinski definition) is 5. The fourth-order valence-electron chi connectivity index (χ4n) is 4.89. The van der Waals surface area contributed by atoms with Gasteiger partial charge in [-0.1, -0.05) is 6.07 Å². The van der Waals surface area contributed by atoms with Gasteiger partial charge in [0.05, 0.1) is 36.5 Å². The zero-order valence-electron chi connectivity index (χ0n) is 19.4. The Morgan fingerprint density at radius 1 is 1.15 bits per heavy atom. The minimum absolute atomic E-state index is 0.133. The first-order chi connectivity index (χ1) is 16.4. The van der Waals surface area contributed by atoms with E-state index in [1.54, 1.807) is 12.1 Å². The number of ketones is 1. The quantitative estimate of drug-likeness (QED) is 0.609. The molecular formula is C27H30FNO5. The number of carbonyl (C=O) groups is 2. The van der Waals surface area contributed by atoms with Crippen LogP contribution in [-0.2, 0) is 17.6 Å². The van der Waals surface area contributed by atoms with E-state index in [2.05, 4.69) is 5.32 Å². The molecule has 2 aliphatic heterocycles. The Morgan fingerprint density at radius 2 is 1.97 bits per heavy atom. The maximum absolute atomic E-state index is 14.8. The summed E-state index contributed by atoms with van der Waals surface area (Å²) < 4.78 is 25.8. The van der Waals surface area contributed by atoms with Crippen molar-refractivity contribution < 1.29 is 28.6 Å². The normalized spacial score (nSPS) is 21.6. The van der Waals surface area contributed by atoms with E-state index in [0.29, 0.717) is 56.1 Å². The number of aliphatic hydroxyl groups excluding tert-OH is 1. The van der Waals surface area contributed by atoms with E-state index >= 15 is 0 Å². The first-order valence-corrected chi connectivity index (χ1v) is 12.1. The maximum Gasteiger partial charge on any atom is 0.255 e. The van der Waals surface area contributed by atoms with Crippen molar-refractivity contribution >= 4 is 11.7 Å². The molecule has 0 spiro atoms. The van der Waals surface area contributed by atoms with Crippen LogP contribution in [0.3, 0.4) is 0 Å². The highest BCUT2D eigenvalue weighted by Crippen LogP contribution is 2.36. The molecule has 0 aromatic heterocycles. The highest BCUT2D eigenvalue weighted by molar-refractivity contribution is 5.98. The molecule has 0 bridgehead atoms. The average molecular weight is 468 g/mol. The Labute approximate surface area is 198 Å². The number of aliphatic hydroxyl groups is 1. The van der Waals surface area contributed by atoms with Gasteiger partial charge in [0.1, 0.15) is 11.6 Å². The third kappa shape index (κ3) is 4.72. The molecule has 2 N–H and O–H groups in total. The lowest BCUT2D eigenvalue weighted by molar-refractivity contribution is -0.0261. The number of carbonyl (C=O) groups excluding carboxylic acids is 2. The van der Waals surface area contributed by atoms with Gasteiger partial charge >= 0.3 is 0 Å². The van der Waals surface area contributed by atoms with Crippen molar-refractivity contribution in [1.29, 1.82) is 0 Å². The Hall–Kier alpha value is -2.77. The smallest absolute Gasteiger partial charge is 0.255 e. The first kappa shape index (κ1) is 23.0. The molecule has 0 unspecified atom stereocenters. The van der Waals surface area contributed by atoms with Gasteiger partial charge in [-0.05, 0) is 73.4 Å². The second kappa shape index (κ2) is 9.47. The number of halogens is 1. The number of nitrogens with one attached hydrogen (secondary N) is 1. The van der Waals surface area contributed by atoms with Gasteiger partial charge in [-0.2, -0.15) is 0 Å². The van der Waals surface area contributed by atoms with E-state index in [4.69, 9.17) is 9.47 Å². The summed E-state index contributed by atoms with van der Waals surface area (Å²) in [5.74, 6) is 0.0863. The van der Waals surface area contributed by atoms with E-state index in [0.717, 1.165) is 35.1 Å². The molecule has 7 heteroatoms. The van der Waals surface area contributed by atoms with E-state index in [1.807, 2.05) is 13.0 Å². The van der Waals surface area contributed by atoms with Gasteiger partial charge in [-0.25, -0.2) is 4.39 Å². The fraction of sp³-hybridized carbons (Fsp3) is 0.481. The first-order valence-electron chi connectivity index (χ1n) is 12.1. The molecule has 2 aromatic carbocycles. The van der Waals surface area contributed by atoms with Gasteiger partial charge in [0.2, 0.25) is 0 Å². The van der Waals surface area contributed by atoms with E-state index in [9.17, 15) is 19.1 Å². The molecule has 180 valence electrons. The van der Waals surface area contributed by atoms with E-state index < -0.39 is 11.9 Å². The number of hydrogen-bond donors (Lipinski definition) is 2. The van der Waals surface area contributed by atoms with E-state index in [-0.39, 0.29) is 29.9 Å². The SMILES string of the molecule is Cc1c(Cc2ccc(C(=O)CC3CC3)c(F)c2)cc(C(=O)N[C@H]2CCOC[C@@H]2O)c2c1CCO2. The van der Waals surface area contributed by atoms with Crippen molar-refractivity contribution in [2.75, 3.05) is 19.8 Å². The average Bonchev–Trinajstić information content (AvgIpc) is 3.48. The Morgan fingerprint density at radius 3 is 2.71 bits per heavy atom. The van der Waals surface area contributed by atoms with Crippen molar-refractivity contribution in [2.24, 2.45) is 5.92 Å². The molecule has 2 aromatic rings. The van der Waals surface area contributed by atoms with Crippen LogP contribution in [0.4, 0.5) is 4.39 Å². The topological polar surface area (TPSA) is 84.9 Å². The summed E-state index contributed by atoms with van der Waals surface area (Å²) in [6.45, 7) is 3.19. The monoisotopic (exact) mass is 467 g/mol. The molecule has 2 heterocycles. The molecule has 1 aliphatic carbocycles. The summed E-state index contributed by atoms with van der Waals surface area (Å²) in [7, 11) is 0. The lowest BCUT2D eigenvalue weighted by atomic mass is 9.91. The molecule has 1 saturated carbocycles. The van der Waals surface area contributed by atoms with Crippen LogP contribution >= 0.6 is 0 Å². The number of rotatable bonds is 7. The van der Waals surface area contributed by atoms with Gasteiger partial charge in [0, 0.05) is 25.0 Å². The van der Waals surface area contributed by atoms with E-state index in [1.165, 1.54) is 6.07 Å².